The molecule has 2 N–H and O–H groups in total. The van der Waals surface area contributed by atoms with Crippen molar-refractivity contribution in [2.24, 2.45) is 0 Å². The smallest absolute Gasteiger partial charge is 0.240 e. The van der Waals surface area contributed by atoms with Gasteiger partial charge >= 0.3 is 0 Å². The summed E-state index contributed by atoms with van der Waals surface area (Å²) < 4.78 is 31.7. The molecule has 0 aliphatic heterocycles. The van der Waals surface area contributed by atoms with Gasteiger partial charge in [-0.1, -0.05) is 12.1 Å². The lowest BCUT2D eigenvalue weighted by Crippen LogP contribution is -2.25. The van der Waals surface area contributed by atoms with Crippen molar-refractivity contribution in [3.63, 3.8) is 0 Å². The van der Waals surface area contributed by atoms with Gasteiger partial charge in [-0.2, -0.15) is 0 Å². The van der Waals surface area contributed by atoms with Crippen LogP contribution in [-0.2, 0) is 16.4 Å². The van der Waals surface area contributed by atoms with E-state index >= 15 is 0 Å². The number of methoxy groups -OCH3 is 1. The van der Waals surface area contributed by atoms with Gasteiger partial charge in [0, 0.05) is 6.54 Å². The second-order valence-electron chi connectivity index (χ2n) is 4.49. The molecule has 6 heteroatoms. The van der Waals surface area contributed by atoms with Crippen molar-refractivity contribution in [2.75, 3.05) is 13.7 Å². The van der Waals surface area contributed by atoms with E-state index in [-0.39, 0.29) is 17.2 Å². The second kappa shape index (κ2) is 6.60. The summed E-state index contributed by atoms with van der Waals surface area (Å²) in [6.45, 7) is 0.288. The van der Waals surface area contributed by atoms with Gasteiger partial charge in [-0.3, -0.25) is 0 Å². The molecule has 0 heterocycles. The van der Waals surface area contributed by atoms with Gasteiger partial charge in [-0.15, -0.1) is 0 Å². The number of aromatic hydroxyl groups is 1. The molecule has 0 amide bonds. The number of rotatable bonds is 6. The second-order valence-corrected chi connectivity index (χ2v) is 6.26. The molecule has 2 rings (SSSR count). The third kappa shape index (κ3) is 4.21. The molecule has 0 saturated heterocycles. The number of benzene rings is 2. The van der Waals surface area contributed by atoms with Crippen molar-refractivity contribution in [3.05, 3.63) is 54.1 Å². The molecule has 0 aliphatic carbocycles. The molecular weight excluding hydrogens is 290 g/mol. The normalized spacial score (nSPS) is 11.3. The Hall–Kier alpha value is -2.05. The summed E-state index contributed by atoms with van der Waals surface area (Å²) in [5, 5.41) is 9.17. The zero-order valence-electron chi connectivity index (χ0n) is 11.6. The monoisotopic (exact) mass is 307 g/mol. The van der Waals surface area contributed by atoms with Crippen LogP contribution in [0.2, 0.25) is 0 Å². The lowest BCUT2D eigenvalue weighted by molar-refractivity contribution is 0.414. The van der Waals surface area contributed by atoms with Crippen molar-refractivity contribution in [1.29, 1.82) is 0 Å². The molecule has 0 atom stereocenters. The number of sulfonamides is 1. The number of phenols is 1. The molecule has 0 spiro atoms. The van der Waals surface area contributed by atoms with E-state index in [9.17, 15) is 8.42 Å². The molecule has 0 unspecified atom stereocenters. The fourth-order valence-corrected chi connectivity index (χ4v) is 2.90. The van der Waals surface area contributed by atoms with Crippen molar-refractivity contribution in [1.82, 2.24) is 4.72 Å². The zero-order chi connectivity index (χ0) is 15.3. The number of phenolic OH excluding ortho intramolecular Hbond substituents is 1. The molecule has 5 nitrogen and oxygen atoms in total. The summed E-state index contributed by atoms with van der Waals surface area (Å²) in [6, 6.07) is 12.9. The Balaban J connectivity index is 1.97. The van der Waals surface area contributed by atoms with Crippen molar-refractivity contribution >= 4 is 10.0 Å². The predicted octanol–water partition coefficient (Wildman–Crippen LogP) is 1.92. The summed E-state index contributed by atoms with van der Waals surface area (Å²) in [7, 11) is -1.97. The fourth-order valence-electron chi connectivity index (χ4n) is 1.87. The highest BCUT2D eigenvalue weighted by Gasteiger charge is 2.12. The van der Waals surface area contributed by atoms with Gasteiger partial charge in [0.25, 0.3) is 0 Å². The average molecular weight is 307 g/mol. The van der Waals surface area contributed by atoms with Crippen LogP contribution in [-0.4, -0.2) is 27.2 Å². The minimum atomic E-state index is -3.56. The van der Waals surface area contributed by atoms with Crippen LogP contribution in [0.25, 0.3) is 0 Å². The molecule has 0 saturated carbocycles. The van der Waals surface area contributed by atoms with Crippen LogP contribution in [0.4, 0.5) is 0 Å². The third-order valence-corrected chi connectivity index (χ3v) is 4.46. The van der Waals surface area contributed by atoms with Gasteiger partial charge in [-0.25, -0.2) is 13.1 Å². The van der Waals surface area contributed by atoms with E-state index in [2.05, 4.69) is 4.72 Å². The molecule has 0 bridgehead atoms. The molecule has 0 radical (unpaired) electrons. The maximum absolute atomic E-state index is 12.0. The molecule has 0 aromatic heterocycles. The summed E-state index contributed by atoms with van der Waals surface area (Å²) >= 11 is 0. The van der Waals surface area contributed by atoms with Gasteiger partial charge in [0.05, 0.1) is 12.0 Å². The molecule has 112 valence electrons. The minimum absolute atomic E-state index is 0.0327. The molecule has 21 heavy (non-hydrogen) atoms. The highest BCUT2D eigenvalue weighted by Crippen LogP contribution is 2.15. The number of hydrogen-bond donors (Lipinski definition) is 2. The lowest BCUT2D eigenvalue weighted by atomic mass is 10.1. The van der Waals surface area contributed by atoms with E-state index in [0.717, 1.165) is 11.3 Å². The Labute approximate surface area is 124 Å². The minimum Gasteiger partial charge on any atom is -0.508 e. The molecular formula is C15H17NO4S. The zero-order valence-corrected chi connectivity index (χ0v) is 12.4. The summed E-state index contributed by atoms with van der Waals surface area (Å²) in [6.07, 6.45) is 0.564. The first-order valence-corrected chi connectivity index (χ1v) is 7.91. The Bertz CT molecular complexity index is 696. The maximum atomic E-state index is 12.0. The van der Waals surface area contributed by atoms with E-state index in [1.54, 1.807) is 7.11 Å². The van der Waals surface area contributed by atoms with Gasteiger partial charge in [-0.05, 0) is 48.4 Å². The predicted molar refractivity (Wildman–Crippen MR) is 80.0 cm³/mol. The summed E-state index contributed by atoms with van der Waals surface area (Å²) in [4.78, 5) is 0.131. The maximum Gasteiger partial charge on any atom is 0.240 e. The van der Waals surface area contributed by atoms with E-state index < -0.39 is 10.0 Å². The molecule has 2 aromatic rings. The van der Waals surface area contributed by atoms with Crippen LogP contribution in [0.3, 0.4) is 0 Å². The van der Waals surface area contributed by atoms with Gasteiger partial charge in [0.2, 0.25) is 10.0 Å². The number of hydrogen-bond acceptors (Lipinski definition) is 4. The molecule has 2 aromatic carbocycles. The van der Waals surface area contributed by atoms with Gasteiger partial charge < -0.3 is 9.84 Å². The Morgan fingerprint density at radius 1 is 1.14 bits per heavy atom. The summed E-state index contributed by atoms with van der Waals surface area (Å²) in [5.41, 5.74) is 0.989. The standard InChI is InChI=1S/C15H17NO4S/c1-20-14-4-2-3-12(11-14)9-10-16-21(18,19)15-7-5-13(17)6-8-15/h2-8,11,16-17H,9-10H2,1H3. The van der Waals surface area contributed by atoms with Crippen LogP contribution < -0.4 is 9.46 Å². The largest absolute Gasteiger partial charge is 0.508 e. The van der Waals surface area contributed by atoms with Crippen LogP contribution in [0.5, 0.6) is 11.5 Å². The Morgan fingerprint density at radius 2 is 1.86 bits per heavy atom. The number of nitrogens with one attached hydrogen (secondary N) is 1. The van der Waals surface area contributed by atoms with E-state index in [0.29, 0.717) is 6.42 Å². The highest BCUT2D eigenvalue weighted by molar-refractivity contribution is 7.89. The van der Waals surface area contributed by atoms with Crippen molar-refractivity contribution < 1.29 is 18.3 Å². The summed E-state index contributed by atoms with van der Waals surface area (Å²) in [5.74, 6) is 0.777. The van der Waals surface area contributed by atoms with E-state index in [4.69, 9.17) is 9.84 Å². The fraction of sp³-hybridized carbons (Fsp3) is 0.200. The Kier molecular flexibility index (Phi) is 4.82. The van der Waals surface area contributed by atoms with Gasteiger partial charge in [0.15, 0.2) is 0 Å². The van der Waals surface area contributed by atoms with E-state index in [1.807, 2.05) is 24.3 Å². The highest BCUT2D eigenvalue weighted by atomic mass is 32.2. The topological polar surface area (TPSA) is 75.6 Å². The first-order chi connectivity index (χ1) is 10.0. The van der Waals surface area contributed by atoms with Crippen LogP contribution in [0, 0.1) is 0 Å². The average Bonchev–Trinajstić information content (AvgIpc) is 2.48. The van der Waals surface area contributed by atoms with Crippen molar-refractivity contribution in [2.45, 2.75) is 11.3 Å². The van der Waals surface area contributed by atoms with E-state index in [1.165, 1.54) is 24.3 Å². The SMILES string of the molecule is COc1cccc(CCNS(=O)(=O)c2ccc(O)cc2)c1. The first-order valence-electron chi connectivity index (χ1n) is 6.43. The van der Waals surface area contributed by atoms with Crippen LogP contribution in [0.15, 0.2) is 53.4 Å². The molecule has 0 aliphatic rings. The first kappa shape index (κ1) is 15.3. The quantitative estimate of drug-likeness (QED) is 0.855. The van der Waals surface area contributed by atoms with Gasteiger partial charge in [0.1, 0.15) is 11.5 Å². The lowest BCUT2D eigenvalue weighted by Gasteiger charge is -2.08. The van der Waals surface area contributed by atoms with Crippen LogP contribution in [0.1, 0.15) is 5.56 Å². The number of ether oxygens (including phenoxy) is 1. The van der Waals surface area contributed by atoms with Crippen LogP contribution >= 0.6 is 0 Å². The third-order valence-electron chi connectivity index (χ3n) is 2.99. The Morgan fingerprint density at radius 3 is 2.52 bits per heavy atom. The molecule has 0 fully saturated rings. The van der Waals surface area contributed by atoms with Crippen molar-refractivity contribution in [3.8, 4) is 11.5 Å².